The molecule has 0 bridgehead atoms. The number of methoxy groups -OCH3 is 1. The van der Waals surface area contributed by atoms with Crippen LogP contribution in [0.4, 0.5) is 0 Å². The maximum Gasteiger partial charge on any atom is 0.322 e. The second-order valence-corrected chi connectivity index (χ2v) is 6.35. The standard InChI is InChI=1S/C12H19N5O2S/c1-19-11(18)10(13-8-2-3-8)6-7-20-12-14-15-16-17(12)9-4-5-9/h8-10,13H,2-7H2,1H3. The van der Waals surface area contributed by atoms with Gasteiger partial charge in [0.1, 0.15) is 6.04 Å². The largest absolute Gasteiger partial charge is 0.468 e. The van der Waals surface area contributed by atoms with Gasteiger partial charge in [-0.05, 0) is 42.5 Å². The molecule has 0 radical (unpaired) electrons. The van der Waals surface area contributed by atoms with E-state index in [9.17, 15) is 4.79 Å². The Labute approximate surface area is 121 Å². The molecule has 3 rings (SSSR count). The number of tetrazole rings is 1. The molecule has 2 aliphatic carbocycles. The molecule has 7 nitrogen and oxygen atoms in total. The van der Waals surface area contributed by atoms with Crippen molar-refractivity contribution >= 4 is 17.7 Å². The lowest BCUT2D eigenvalue weighted by Gasteiger charge is -2.15. The third-order valence-electron chi connectivity index (χ3n) is 3.49. The summed E-state index contributed by atoms with van der Waals surface area (Å²) in [6.07, 6.45) is 5.35. The fraction of sp³-hybridized carbons (Fsp3) is 0.833. The molecule has 0 amide bonds. The fourth-order valence-corrected chi connectivity index (χ4v) is 2.99. The van der Waals surface area contributed by atoms with Crippen molar-refractivity contribution in [1.82, 2.24) is 25.5 Å². The summed E-state index contributed by atoms with van der Waals surface area (Å²) in [7, 11) is 1.44. The molecular weight excluding hydrogens is 278 g/mol. The molecule has 1 aromatic heterocycles. The van der Waals surface area contributed by atoms with Crippen molar-refractivity contribution in [3.05, 3.63) is 0 Å². The number of hydrogen-bond donors (Lipinski definition) is 1. The van der Waals surface area contributed by atoms with E-state index in [1.54, 1.807) is 11.8 Å². The highest BCUT2D eigenvalue weighted by molar-refractivity contribution is 7.99. The van der Waals surface area contributed by atoms with Gasteiger partial charge in [-0.25, -0.2) is 4.68 Å². The Kier molecular flexibility index (Phi) is 4.21. The highest BCUT2D eigenvalue weighted by atomic mass is 32.2. The first kappa shape index (κ1) is 13.8. The maximum absolute atomic E-state index is 11.7. The lowest BCUT2D eigenvalue weighted by atomic mass is 10.2. The van der Waals surface area contributed by atoms with Crippen molar-refractivity contribution in [1.29, 1.82) is 0 Å². The Hall–Kier alpha value is -1.15. The molecule has 1 atom stereocenters. The lowest BCUT2D eigenvalue weighted by molar-refractivity contribution is -0.143. The molecule has 2 fully saturated rings. The van der Waals surface area contributed by atoms with E-state index < -0.39 is 0 Å². The van der Waals surface area contributed by atoms with E-state index in [2.05, 4.69) is 20.8 Å². The molecule has 1 heterocycles. The van der Waals surface area contributed by atoms with Crippen molar-refractivity contribution in [2.45, 2.75) is 55.4 Å². The third-order valence-corrected chi connectivity index (χ3v) is 4.46. The number of thioether (sulfide) groups is 1. The van der Waals surface area contributed by atoms with E-state index in [0.29, 0.717) is 12.1 Å². The van der Waals surface area contributed by atoms with Gasteiger partial charge in [0.15, 0.2) is 0 Å². The molecule has 1 N–H and O–H groups in total. The van der Waals surface area contributed by atoms with Crippen LogP contribution in [0.2, 0.25) is 0 Å². The quantitative estimate of drug-likeness (QED) is 0.561. The van der Waals surface area contributed by atoms with Crippen LogP contribution in [0, 0.1) is 0 Å². The maximum atomic E-state index is 11.7. The predicted octanol–water partition coefficient (Wildman–Crippen LogP) is 0.784. The van der Waals surface area contributed by atoms with Gasteiger partial charge in [-0.1, -0.05) is 11.8 Å². The highest BCUT2D eigenvalue weighted by Gasteiger charge is 2.30. The van der Waals surface area contributed by atoms with Gasteiger partial charge in [0.2, 0.25) is 5.16 Å². The van der Waals surface area contributed by atoms with E-state index in [1.807, 2.05) is 4.68 Å². The summed E-state index contributed by atoms with van der Waals surface area (Å²) in [4.78, 5) is 11.7. The smallest absolute Gasteiger partial charge is 0.322 e. The van der Waals surface area contributed by atoms with Crippen LogP contribution in [-0.2, 0) is 9.53 Å². The van der Waals surface area contributed by atoms with Gasteiger partial charge in [-0.2, -0.15) is 0 Å². The molecule has 110 valence electrons. The number of carbonyl (C=O) groups is 1. The van der Waals surface area contributed by atoms with Crippen LogP contribution in [-0.4, -0.2) is 51.1 Å². The van der Waals surface area contributed by atoms with Gasteiger partial charge in [0.05, 0.1) is 13.2 Å². The van der Waals surface area contributed by atoms with Gasteiger partial charge in [0.25, 0.3) is 0 Å². The van der Waals surface area contributed by atoms with Crippen LogP contribution < -0.4 is 5.32 Å². The summed E-state index contributed by atoms with van der Waals surface area (Å²) in [5.74, 6) is 0.617. The van der Waals surface area contributed by atoms with Gasteiger partial charge in [-0.15, -0.1) is 5.10 Å². The molecule has 0 aromatic carbocycles. The van der Waals surface area contributed by atoms with Crippen LogP contribution >= 0.6 is 11.8 Å². The van der Waals surface area contributed by atoms with Crippen LogP contribution in [0.15, 0.2) is 5.16 Å². The minimum atomic E-state index is -0.217. The summed E-state index contributed by atoms with van der Waals surface area (Å²) < 4.78 is 6.74. The number of aromatic nitrogens is 4. The van der Waals surface area contributed by atoms with Crippen molar-refractivity contribution in [3.63, 3.8) is 0 Å². The van der Waals surface area contributed by atoms with Gasteiger partial charge < -0.3 is 10.1 Å². The summed E-state index contributed by atoms with van der Waals surface area (Å²) in [6.45, 7) is 0. The Balaban J connectivity index is 1.48. The first-order chi connectivity index (χ1) is 9.78. The van der Waals surface area contributed by atoms with Crippen molar-refractivity contribution in [3.8, 4) is 0 Å². The Morgan fingerprint density at radius 2 is 2.30 bits per heavy atom. The molecular formula is C12H19N5O2S. The average Bonchev–Trinajstić information content (AvgIpc) is 3.38. The molecule has 20 heavy (non-hydrogen) atoms. The fourth-order valence-electron chi connectivity index (χ4n) is 2.04. The zero-order valence-electron chi connectivity index (χ0n) is 11.5. The topological polar surface area (TPSA) is 81.9 Å². The minimum absolute atomic E-state index is 0.181. The lowest BCUT2D eigenvalue weighted by Crippen LogP contribution is -2.39. The van der Waals surface area contributed by atoms with Crippen LogP contribution in [0.5, 0.6) is 0 Å². The summed E-state index contributed by atoms with van der Waals surface area (Å²) in [6, 6.07) is 0.750. The Morgan fingerprint density at radius 1 is 1.50 bits per heavy atom. The van der Waals surface area contributed by atoms with E-state index in [4.69, 9.17) is 4.74 Å². The van der Waals surface area contributed by atoms with E-state index in [-0.39, 0.29) is 12.0 Å². The SMILES string of the molecule is COC(=O)C(CCSc1nnnn1C1CC1)NC1CC1. The van der Waals surface area contributed by atoms with Crippen LogP contribution in [0.1, 0.15) is 38.1 Å². The second kappa shape index (κ2) is 6.09. The number of esters is 1. The van der Waals surface area contributed by atoms with Gasteiger partial charge in [0, 0.05) is 11.8 Å². The monoisotopic (exact) mass is 297 g/mol. The third kappa shape index (κ3) is 3.49. The number of rotatable bonds is 8. The number of nitrogens with one attached hydrogen (secondary N) is 1. The molecule has 1 aromatic rings. The van der Waals surface area contributed by atoms with Crippen LogP contribution in [0.3, 0.4) is 0 Å². The summed E-state index contributed by atoms with van der Waals surface area (Å²) >= 11 is 1.60. The molecule has 8 heteroatoms. The molecule has 2 aliphatic rings. The van der Waals surface area contributed by atoms with Gasteiger partial charge >= 0.3 is 5.97 Å². The number of hydrogen-bond acceptors (Lipinski definition) is 7. The van der Waals surface area contributed by atoms with Crippen molar-refractivity contribution < 1.29 is 9.53 Å². The highest BCUT2D eigenvalue weighted by Crippen LogP contribution is 2.36. The van der Waals surface area contributed by atoms with E-state index in [0.717, 1.165) is 43.0 Å². The zero-order chi connectivity index (χ0) is 13.9. The van der Waals surface area contributed by atoms with E-state index >= 15 is 0 Å². The molecule has 2 saturated carbocycles. The Bertz CT molecular complexity index is 472. The first-order valence-electron chi connectivity index (χ1n) is 7.02. The molecule has 1 unspecified atom stereocenters. The second-order valence-electron chi connectivity index (χ2n) is 5.29. The summed E-state index contributed by atoms with van der Waals surface area (Å²) in [5.41, 5.74) is 0. The van der Waals surface area contributed by atoms with Gasteiger partial charge in [-0.3, -0.25) is 4.79 Å². The minimum Gasteiger partial charge on any atom is -0.468 e. The number of ether oxygens (including phenoxy) is 1. The van der Waals surface area contributed by atoms with Crippen molar-refractivity contribution in [2.75, 3.05) is 12.9 Å². The molecule has 0 aliphatic heterocycles. The predicted molar refractivity (Wildman–Crippen MR) is 73.4 cm³/mol. The van der Waals surface area contributed by atoms with Crippen LogP contribution in [0.25, 0.3) is 0 Å². The number of carbonyl (C=O) groups excluding carboxylic acids is 1. The van der Waals surface area contributed by atoms with E-state index in [1.165, 1.54) is 7.11 Å². The van der Waals surface area contributed by atoms with Crippen molar-refractivity contribution in [2.24, 2.45) is 0 Å². The molecule has 0 saturated heterocycles. The summed E-state index contributed by atoms with van der Waals surface area (Å²) in [5, 5.41) is 16.0. The average molecular weight is 297 g/mol. The Morgan fingerprint density at radius 3 is 2.95 bits per heavy atom. The first-order valence-corrected chi connectivity index (χ1v) is 8.01. The molecule has 0 spiro atoms. The zero-order valence-corrected chi connectivity index (χ0v) is 12.3. The normalized spacial score (nSPS) is 19.9. The number of nitrogens with zero attached hydrogens (tertiary/aromatic N) is 4.